The molecule has 4 nitrogen and oxygen atoms in total. The van der Waals surface area contributed by atoms with Crippen LogP contribution in [0.3, 0.4) is 0 Å². The predicted octanol–water partition coefficient (Wildman–Crippen LogP) is 4.29. The largest absolute Gasteiger partial charge is 0.416 e. The summed E-state index contributed by atoms with van der Waals surface area (Å²) in [5.41, 5.74) is -0.668. The maximum Gasteiger partial charge on any atom is 0.416 e. The third-order valence-electron chi connectivity index (χ3n) is 4.65. The lowest BCUT2D eigenvalue weighted by Crippen LogP contribution is -2.38. The third kappa shape index (κ3) is 6.04. The summed E-state index contributed by atoms with van der Waals surface area (Å²) in [5, 5.41) is 2.98. The molecular weight excluding hydrogens is 345 g/mol. The highest BCUT2D eigenvalue weighted by atomic mass is 19.4. The molecule has 1 aromatic carbocycles. The maximum absolute atomic E-state index is 12.9. The molecule has 144 valence electrons. The number of anilines is 1. The zero-order valence-electron chi connectivity index (χ0n) is 14.9. The van der Waals surface area contributed by atoms with Gasteiger partial charge >= 0.3 is 6.18 Å². The Morgan fingerprint density at radius 3 is 2.38 bits per heavy atom. The first-order chi connectivity index (χ1) is 12.3. The number of rotatable bonds is 5. The Balaban J connectivity index is 1.98. The first kappa shape index (κ1) is 20.3. The van der Waals surface area contributed by atoms with E-state index < -0.39 is 17.6 Å². The zero-order chi connectivity index (χ0) is 19.2. The molecule has 2 amide bonds. The van der Waals surface area contributed by atoms with Gasteiger partial charge in [-0.05, 0) is 31.0 Å². The Kier molecular flexibility index (Phi) is 7.06. The molecule has 0 spiro atoms. The second-order valence-corrected chi connectivity index (χ2v) is 6.72. The van der Waals surface area contributed by atoms with E-state index in [1.54, 1.807) is 0 Å². The van der Waals surface area contributed by atoms with Gasteiger partial charge in [0, 0.05) is 31.6 Å². The molecule has 0 aromatic heterocycles. The number of alkyl halides is 3. The fraction of sp³-hybridized carbons (Fsp3) is 0.579. The molecule has 0 atom stereocenters. The number of halogens is 3. The SMILES string of the molecule is CC(=O)N(CCC(=O)NC1CCCCCC1)c1cccc(C(F)(F)F)c1. The van der Waals surface area contributed by atoms with Crippen molar-refractivity contribution >= 4 is 17.5 Å². The number of hydrogen-bond acceptors (Lipinski definition) is 2. The molecule has 1 saturated carbocycles. The van der Waals surface area contributed by atoms with E-state index in [0.29, 0.717) is 0 Å². The lowest BCUT2D eigenvalue weighted by atomic mass is 10.1. The van der Waals surface area contributed by atoms with Crippen LogP contribution >= 0.6 is 0 Å². The molecule has 0 bridgehead atoms. The monoisotopic (exact) mass is 370 g/mol. The molecule has 1 N–H and O–H groups in total. The van der Waals surface area contributed by atoms with Crippen LogP contribution in [0.25, 0.3) is 0 Å². The number of carbonyl (C=O) groups excluding carboxylic acids is 2. The Hall–Kier alpha value is -2.05. The van der Waals surface area contributed by atoms with E-state index in [-0.39, 0.29) is 30.6 Å². The van der Waals surface area contributed by atoms with Gasteiger partial charge in [0.25, 0.3) is 0 Å². The van der Waals surface area contributed by atoms with E-state index in [1.165, 1.54) is 36.8 Å². The number of carbonyl (C=O) groups is 2. The van der Waals surface area contributed by atoms with Gasteiger partial charge in [-0.25, -0.2) is 0 Å². The second-order valence-electron chi connectivity index (χ2n) is 6.72. The van der Waals surface area contributed by atoms with Crippen molar-refractivity contribution in [3.8, 4) is 0 Å². The average molecular weight is 370 g/mol. The van der Waals surface area contributed by atoms with Crippen LogP contribution in [0.1, 0.15) is 57.4 Å². The minimum atomic E-state index is -4.48. The summed E-state index contributed by atoms with van der Waals surface area (Å²) in [5.74, 6) is -0.568. The number of hydrogen-bond donors (Lipinski definition) is 1. The van der Waals surface area contributed by atoms with Gasteiger partial charge in [-0.15, -0.1) is 0 Å². The average Bonchev–Trinajstić information content (AvgIpc) is 2.83. The second kappa shape index (κ2) is 9.05. The van der Waals surface area contributed by atoms with E-state index in [9.17, 15) is 22.8 Å². The molecule has 1 fully saturated rings. The molecular formula is C19H25F3N2O2. The molecule has 0 unspecified atom stereocenters. The van der Waals surface area contributed by atoms with E-state index in [0.717, 1.165) is 37.8 Å². The molecule has 1 aliphatic carbocycles. The molecule has 1 aromatic rings. The maximum atomic E-state index is 12.9. The predicted molar refractivity (Wildman–Crippen MR) is 93.7 cm³/mol. The lowest BCUT2D eigenvalue weighted by molar-refractivity contribution is -0.137. The van der Waals surface area contributed by atoms with Gasteiger partial charge in [0.1, 0.15) is 0 Å². The molecule has 0 saturated heterocycles. The first-order valence-electron chi connectivity index (χ1n) is 9.02. The molecule has 0 heterocycles. The van der Waals surface area contributed by atoms with Gasteiger partial charge in [-0.3, -0.25) is 9.59 Å². The molecule has 2 rings (SSSR count). The summed E-state index contributed by atoms with van der Waals surface area (Å²) in [7, 11) is 0. The van der Waals surface area contributed by atoms with Crippen LogP contribution in [0.4, 0.5) is 18.9 Å². The molecule has 26 heavy (non-hydrogen) atoms. The summed E-state index contributed by atoms with van der Waals surface area (Å²) in [6, 6.07) is 4.76. The van der Waals surface area contributed by atoms with E-state index >= 15 is 0 Å². The van der Waals surface area contributed by atoms with Crippen molar-refractivity contribution in [2.45, 2.75) is 64.1 Å². The van der Waals surface area contributed by atoms with E-state index in [1.807, 2.05) is 0 Å². The van der Waals surface area contributed by atoms with Gasteiger partial charge in [-0.2, -0.15) is 13.2 Å². The van der Waals surface area contributed by atoms with Gasteiger partial charge in [-0.1, -0.05) is 31.7 Å². The van der Waals surface area contributed by atoms with Crippen molar-refractivity contribution in [1.82, 2.24) is 5.32 Å². The third-order valence-corrected chi connectivity index (χ3v) is 4.65. The molecule has 0 radical (unpaired) electrons. The van der Waals surface area contributed by atoms with Crippen molar-refractivity contribution < 1.29 is 22.8 Å². The summed E-state index contributed by atoms with van der Waals surface area (Å²) in [4.78, 5) is 25.3. The van der Waals surface area contributed by atoms with Crippen LogP contribution in [-0.4, -0.2) is 24.4 Å². The Labute approximate surface area is 151 Å². The normalized spacial score (nSPS) is 16.0. The minimum absolute atomic E-state index is 0.0508. The van der Waals surface area contributed by atoms with Crippen LogP contribution in [0.5, 0.6) is 0 Å². The van der Waals surface area contributed by atoms with E-state index in [4.69, 9.17) is 0 Å². The number of nitrogens with zero attached hydrogens (tertiary/aromatic N) is 1. The fourth-order valence-corrected chi connectivity index (χ4v) is 3.26. The van der Waals surface area contributed by atoms with Crippen LogP contribution in [0.2, 0.25) is 0 Å². The topological polar surface area (TPSA) is 49.4 Å². The van der Waals surface area contributed by atoms with Crippen molar-refractivity contribution in [2.24, 2.45) is 0 Å². The summed E-state index contributed by atoms with van der Waals surface area (Å²) >= 11 is 0. The fourth-order valence-electron chi connectivity index (χ4n) is 3.26. The highest BCUT2D eigenvalue weighted by Crippen LogP contribution is 2.31. The van der Waals surface area contributed by atoms with Gasteiger partial charge in [0.15, 0.2) is 0 Å². The lowest BCUT2D eigenvalue weighted by Gasteiger charge is -2.23. The number of benzene rings is 1. The summed E-state index contributed by atoms with van der Waals surface area (Å²) in [6.07, 6.45) is 2.04. The highest BCUT2D eigenvalue weighted by molar-refractivity contribution is 5.92. The van der Waals surface area contributed by atoms with Crippen LogP contribution < -0.4 is 10.2 Å². The van der Waals surface area contributed by atoms with Crippen LogP contribution in [-0.2, 0) is 15.8 Å². The van der Waals surface area contributed by atoms with Gasteiger partial charge < -0.3 is 10.2 Å². The van der Waals surface area contributed by atoms with E-state index in [2.05, 4.69) is 5.32 Å². The Morgan fingerprint density at radius 2 is 1.81 bits per heavy atom. The van der Waals surface area contributed by atoms with Gasteiger partial charge in [0.2, 0.25) is 11.8 Å². The molecule has 1 aliphatic rings. The number of nitrogens with one attached hydrogen (secondary N) is 1. The van der Waals surface area contributed by atoms with Crippen molar-refractivity contribution in [1.29, 1.82) is 0 Å². The quantitative estimate of drug-likeness (QED) is 0.786. The minimum Gasteiger partial charge on any atom is -0.353 e. The molecule has 0 aliphatic heterocycles. The van der Waals surface area contributed by atoms with Crippen molar-refractivity contribution in [3.05, 3.63) is 29.8 Å². The smallest absolute Gasteiger partial charge is 0.353 e. The van der Waals surface area contributed by atoms with Crippen LogP contribution in [0, 0.1) is 0 Å². The van der Waals surface area contributed by atoms with Gasteiger partial charge in [0.05, 0.1) is 5.56 Å². The van der Waals surface area contributed by atoms with Crippen molar-refractivity contribution in [2.75, 3.05) is 11.4 Å². The summed E-state index contributed by atoms with van der Waals surface area (Å²) in [6.45, 7) is 1.33. The first-order valence-corrected chi connectivity index (χ1v) is 9.02. The summed E-state index contributed by atoms with van der Waals surface area (Å²) < 4.78 is 38.6. The Bertz CT molecular complexity index is 623. The zero-order valence-corrected chi connectivity index (χ0v) is 14.9. The van der Waals surface area contributed by atoms with Crippen LogP contribution in [0.15, 0.2) is 24.3 Å². The number of amides is 2. The molecule has 7 heteroatoms. The standard InChI is InChI=1S/C19H25F3N2O2/c1-14(25)24(17-10-6-7-15(13-17)19(20,21)22)12-11-18(26)23-16-8-4-2-3-5-9-16/h6-7,10,13,16H,2-5,8-9,11-12H2,1H3,(H,23,26). The highest BCUT2D eigenvalue weighted by Gasteiger charge is 2.31. The van der Waals surface area contributed by atoms with Crippen molar-refractivity contribution in [3.63, 3.8) is 0 Å². The Morgan fingerprint density at radius 1 is 1.15 bits per heavy atom.